The minimum absolute atomic E-state index is 0.917. The molecule has 0 aliphatic heterocycles. The molecule has 0 amide bonds. The van der Waals surface area contributed by atoms with Crippen molar-refractivity contribution in [1.82, 2.24) is 0 Å². The molecule has 1 saturated carbocycles. The summed E-state index contributed by atoms with van der Waals surface area (Å²) in [7, 11) is 0. The summed E-state index contributed by atoms with van der Waals surface area (Å²) >= 11 is 0. The van der Waals surface area contributed by atoms with Crippen molar-refractivity contribution in [2.45, 2.75) is 31.6 Å². The van der Waals surface area contributed by atoms with E-state index < -0.39 is 0 Å². The molecule has 0 saturated heterocycles. The van der Waals surface area contributed by atoms with Crippen LogP contribution in [0.15, 0.2) is 24.3 Å². The topological polar surface area (TPSA) is 0 Å². The third kappa shape index (κ3) is 0.841. The molecular weight excluding hydrogens is 144 g/mol. The Labute approximate surface area is 73.6 Å². The zero-order valence-electron chi connectivity index (χ0n) is 7.29. The van der Waals surface area contributed by atoms with Crippen molar-refractivity contribution in [3.05, 3.63) is 35.4 Å². The summed E-state index contributed by atoms with van der Waals surface area (Å²) in [6.07, 6.45) is 5.74. The van der Waals surface area contributed by atoms with Gasteiger partial charge < -0.3 is 0 Å². The highest BCUT2D eigenvalue weighted by Crippen LogP contribution is 2.45. The smallest absolute Gasteiger partial charge is 0.0156 e. The van der Waals surface area contributed by atoms with E-state index in [-0.39, 0.29) is 0 Å². The van der Waals surface area contributed by atoms with Crippen LogP contribution in [-0.4, -0.2) is 0 Å². The maximum absolute atomic E-state index is 2.33. The van der Waals surface area contributed by atoms with Crippen molar-refractivity contribution in [3.8, 4) is 0 Å². The first kappa shape index (κ1) is 6.71. The normalized spacial score (nSPS) is 31.7. The van der Waals surface area contributed by atoms with E-state index in [1.807, 2.05) is 0 Å². The fourth-order valence-corrected chi connectivity index (χ4v) is 2.97. The largest absolute Gasteiger partial charge is 0.0620 e. The molecule has 3 rings (SSSR count). The lowest BCUT2D eigenvalue weighted by Gasteiger charge is -2.22. The lowest BCUT2D eigenvalue weighted by atomic mass is 9.83. The highest BCUT2D eigenvalue weighted by Gasteiger charge is 2.31. The fraction of sp³-hybridized carbons (Fsp3) is 0.500. The number of hydrogen-bond donors (Lipinski definition) is 0. The number of fused-ring (bicyclic) bond motifs is 4. The molecule has 1 aromatic rings. The van der Waals surface area contributed by atoms with Gasteiger partial charge in [-0.25, -0.2) is 0 Å². The van der Waals surface area contributed by atoms with Gasteiger partial charge in [-0.05, 0) is 48.6 Å². The zero-order valence-corrected chi connectivity index (χ0v) is 7.29. The van der Waals surface area contributed by atoms with Gasteiger partial charge in [0.1, 0.15) is 0 Å². The molecule has 0 heterocycles. The fourth-order valence-electron chi connectivity index (χ4n) is 2.97. The van der Waals surface area contributed by atoms with Gasteiger partial charge in [-0.2, -0.15) is 0 Å². The van der Waals surface area contributed by atoms with Crippen LogP contribution in [0.2, 0.25) is 0 Å². The summed E-state index contributed by atoms with van der Waals surface area (Å²) in [5.41, 5.74) is 3.29. The Hall–Kier alpha value is -0.780. The molecule has 0 spiro atoms. The van der Waals surface area contributed by atoms with Crippen molar-refractivity contribution in [1.29, 1.82) is 0 Å². The zero-order chi connectivity index (χ0) is 7.97. The molecule has 2 bridgehead atoms. The Kier molecular flexibility index (Phi) is 1.31. The number of benzene rings is 1. The van der Waals surface area contributed by atoms with Crippen LogP contribution in [0.1, 0.15) is 36.3 Å². The second-order valence-electron chi connectivity index (χ2n) is 4.28. The van der Waals surface area contributed by atoms with Gasteiger partial charge in [0.05, 0.1) is 0 Å². The molecule has 2 aliphatic carbocycles. The van der Waals surface area contributed by atoms with Gasteiger partial charge in [0.25, 0.3) is 0 Å². The summed E-state index contributed by atoms with van der Waals surface area (Å²) < 4.78 is 0. The Morgan fingerprint density at radius 2 is 2.00 bits per heavy atom. The van der Waals surface area contributed by atoms with Crippen LogP contribution in [-0.2, 0) is 6.42 Å². The molecular formula is C12H14. The molecule has 1 aromatic carbocycles. The molecule has 0 nitrogen and oxygen atoms in total. The first-order valence-corrected chi connectivity index (χ1v) is 5.01. The molecule has 12 heavy (non-hydrogen) atoms. The molecule has 0 N–H and O–H groups in total. The Balaban J connectivity index is 2.13. The number of rotatable bonds is 0. The Morgan fingerprint density at radius 3 is 3.00 bits per heavy atom. The quantitative estimate of drug-likeness (QED) is 0.544. The minimum Gasteiger partial charge on any atom is -0.0620 e. The summed E-state index contributed by atoms with van der Waals surface area (Å²) in [6.45, 7) is 0. The summed E-state index contributed by atoms with van der Waals surface area (Å²) in [5.74, 6) is 1.94. The SMILES string of the molecule is c1ccc2c(c1)CC1CCC2C1. The van der Waals surface area contributed by atoms with E-state index in [0.717, 1.165) is 11.8 Å². The number of hydrogen-bond acceptors (Lipinski definition) is 0. The van der Waals surface area contributed by atoms with Crippen molar-refractivity contribution < 1.29 is 0 Å². The maximum atomic E-state index is 2.33. The lowest BCUT2D eigenvalue weighted by molar-refractivity contribution is 0.510. The third-order valence-corrected chi connectivity index (χ3v) is 3.54. The van der Waals surface area contributed by atoms with Gasteiger partial charge in [0.2, 0.25) is 0 Å². The minimum atomic E-state index is 0.917. The first-order valence-electron chi connectivity index (χ1n) is 5.01. The van der Waals surface area contributed by atoms with Gasteiger partial charge >= 0.3 is 0 Å². The van der Waals surface area contributed by atoms with Gasteiger partial charge in [-0.1, -0.05) is 24.3 Å². The van der Waals surface area contributed by atoms with Crippen molar-refractivity contribution >= 4 is 0 Å². The van der Waals surface area contributed by atoms with Crippen molar-refractivity contribution in [2.24, 2.45) is 5.92 Å². The molecule has 62 valence electrons. The predicted octanol–water partition coefficient (Wildman–Crippen LogP) is 3.13. The molecule has 0 radical (unpaired) electrons. The molecule has 1 fully saturated rings. The van der Waals surface area contributed by atoms with Crippen molar-refractivity contribution in [3.63, 3.8) is 0 Å². The monoisotopic (exact) mass is 158 g/mol. The first-order chi connectivity index (χ1) is 5.93. The Morgan fingerprint density at radius 1 is 1.08 bits per heavy atom. The van der Waals surface area contributed by atoms with E-state index in [2.05, 4.69) is 24.3 Å². The van der Waals surface area contributed by atoms with Crippen LogP contribution in [0.3, 0.4) is 0 Å². The van der Waals surface area contributed by atoms with Gasteiger partial charge in [-0.3, -0.25) is 0 Å². The van der Waals surface area contributed by atoms with E-state index in [4.69, 9.17) is 0 Å². The summed E-state index contributed by atoms with van der Waals surface area (Å²) in [4.78, 5) is 0. The van der Waals surface area contributed by atoms with Gasteiger partial charge in [-0.15, -0.1) is 0 Å². The van der Waals surface area contributed by atoms with E-state index in [0.29, 0.717) is 0 Å². The Bertz CT molecular complexity index is 301. The second-order valence-corrected chi connectivity index (χ2v) is 4.28. The van der Waals surface area contributed by atoms with E-state index in [1.54, 1.807) is 11.1 Å². The predicted molar refractivity (Wildman–Crippen MR) is 50.2 cm³/mol. The highest BCUT2D eigenvalue weighted by molar-refractivity contribution is 5.34. The maximum Gasteiger partial charge on any atom is -0.0156 e. The molecule has 0 heteroatoms. The molecule has 2 unspecified atom stereocenters. The van der Waals surface area contributed by atoms with Crippen LogP contribution in [0.4, 0.5) is 0 Å². The summed E-state index contributed by atoms with van der Waals surface area (Å²) in [6, 6.07) is 9.03. The highest BCUT2D eigenvalue weighted by atomic mass is 14.4. The third-order valence-electron chi connectivity index (χ3n) is 3.54. The average molecular weight is 158 g/mol. The molecule has 2 aliphatic rings. The van der Waals surface area contributed by atoms with Crippen LogP contribution < -0.4 is 0 Å². The van der Waals surface area contributed by atoms with Gasteiger partial charge in [0, 0.05) is 0 Å². The van der Waals surface area contributed by atoms with E-state index in [9.17, 15) is 0 Å². The van der Waals surface area contributed by atoms with Crippen LogP contribution in [0, 0.1) is 5.92 Å². The lowest BCUT2D eigenvalue weighted by Crippen LogP contribution is -2.09. The average Bonchev–Trinajstić information content (AvgIpc) is 2.49. The molecule has 2 atom stereocenters. The van der Waals surface area contributed by atoms with Crippen LogP contribution in [0.5, 0.6) is 0 Å². The standard InChI is InChI=1S/C12H14/c1-2-4-12-10(3-1)7-9-5-6-11(12)8-9/h1-4,9,11H,5-8H2. The van der Waals surface area contributed by atoms with E-state index in [1.165, 1.54) is 25.7 Å². The van der Waals surface area contributed by atoms with Crippen LogP contribution >= 0.6 is 0 Å². The van der Waals surface area contributed by atoms with Gasteiger partial charge in [0.15, 0.2) is 0 Å². The summed E-state index contributed by atoms with van der Waals surface area (Å²) in [5, 5.41) is 0. The second kappa shape index (κ2) is 2.35. The van der Waals surface area contributed by atoms with E-state index >= 15 is 0 Å². The molecule has 0 aromatic heterocycles. The van der Waals surface area contributed by atoms with Crippen molar-refractivity contribution in [2.75, 3.05) is 0 Å². The van der Waals surface area contributed by atoms with Crippen LogP contribution in [0.25, 0.3) is 0 Å².